The lowest BCUT2D eigenvalue weighted by molar-refractivity contribution is -0.146. The molecule has 3 N–H and O–H groups in total. The Morgan fingerprint density at radius 1 is 0.913 bits per heavy atom. The van der Waals surface area contributed by atoms with Crippen LogP contribution in [-0.2, 0) is 14.3 Å². The Bertz CT molecular complexity index is 269. The maximum atomic E-state index is 11.0. The zero-order valence-electron chi connectivity index (χ0n) is 15.4. The third kappa shape index (κ3) is 38.6. The highest BCUT2D eigenvalue weighted by molar-refractivity contribution is 5.69. The average Bonchev–Trinajstić information content (AvgIpc) is 2.49. The van der Waals surface area contributed by atoms with Crippen LogP contribution < -0.4 is 0 Å². The van der Waals surface area contributed by atoms with Gasteiger partial charge < -0.3 is 20.1 Å². The number of unbranched alkanes of at least 4 members (excludes halogenated alkanes) is 2. The Morgan fingerprint density at radius 2 is 1.35 bits per heavy atom. The van der Waals surface area contributed by atoms with Crippen LogP contribution in [0.3, 0.4) is 0 Å². The van der Waals surface area contributed by atoms with E-state index in [1.165, 1.54) is 0 Å². The molecule has 0 saturated heterocycles. The van der Waals surface area contributed by atoms with Crippen LogP contribution in [0.25, 0.3) is 0 Å². The van der Waals surface area contributed by atoms with Gasteiger partial charge in [-0.05, 0) is 18.3 Å². The number of carbonyl (C=O) groups excluding carboxylic acids is 1. The van der Waals surface area contributed by atoms with E-state index in [1.807, 2.05) is 6.92 Å². The number of hydrogen-bond donors (Lipinski definition) is 3. The summed E-state index contributed by atoms with van der Waals surface area (Å²) in [5.41, 5.74) is 0.0852. The Morgan fingerprint density at radius 3 is 1.61 bits per heavy atom. The summed E-state index contributed by atoms with van der Waals surface area (Å²) in [6.45, 7) is 10.5. The molecule has 0 radical (unpaired) electrons. The van der Waals surface area contributed by atoms with E-state index >= 15 is 0 Å². The summed E-state index contributed by atoms with van der Waals surface area (Å²) < 4.78 is 5.07. The topological polar surface area (TPSA) is 104 Å². The van der Waals surface area contributed by atoms with E-state index in [0.717, 1.165) is 25.7 Å². The number of hydrogen-bond acceptors (Lipinski definition) is 5. The summed E-state index contributed by atoms with van der Waals surface area (Å²) in [5, 5.41) is 23.3. The van der Waals surface area contributed by atoms with Crippen LogP contribution in [0.4, 0.5) is 0 Å². The molecule has 0 aliphatic rings. The number of carboxylic acid groups (broad SMARTS) is 1. The molecule has 0 aliphatic carbocycles. The van der Waals surface area contributed by atoms with Gasteiger partial charge in [0, 0.05) is 12.8 Å². The van der Waals surface area contributed by atoms with E-state index in [4.69, 9.17) is 20.1 Å². The van der Waals surface area contributed by atoms with Gasteiger partial charge in [0.15, 0.2) is 0 Å². The Balaban J connectivity index is -0.000000307. The molecule has 0 heterocycles. The van der Waals surface area contributed by atoms with Gasteiger partial charge in [-0.25, -0.2) is 0 Å². The molecule has 0 aromatic carbocycles. The number of carboxylic acids is 1. The predicted octanol–water partition coefficient (Wildman–Crippen LogP) is 3.00. The molecule has 0 amide bonds. The molecule has 0 fully saturated rings. The van der Waals surface area contributed by atoms with Gasteiger partial charge >= 0.3 is 11.9 Å². The van der Waals surface area contributed by atoms with Crippen molar-refractivity contribution in [3.05, 3.63) is 0 Å². The minimum atomic E-state index is -0.693. The van der Waals surface area contributed by atoms with Crippen LogP contribution in [0.15, 0.2) is 0 Å². The van der Waals surface area contributed by atoms with Crippen molar-refractivity contribution in [1.82, 2.24) is 0 Å². The number of aliphatic carboxylic acids is 1. The summed E-state index contributed by atoms with van der Waals surface area (Å²) in [6.07, 6.45) is 4.62. The fourth-order valence-electron chi connectivity index (χ4n) is 1.02. The zero-order chi connectivity index (χ0) is 18.7. The molecule has 0 aromatic rings. The molecule has 23 heavy (non-hydrogen) atoms. The van der Waals surface area contributed by atoms with Gasteiger partial charge in [-0.15, -0.1) is 0 Å². The third-order valence-corrected chi connectivity index (χ3v) is 2.24. The Kier molecular flexibility index (Phi) is 22.0. The normalized spacial score (nSPS) is 9.87. The molecule has 0 rings (SSSR count). The van der Waals surface area contributed by atoms with Crippen molar-refractivity contribution in [3.63, 3.8) is 0 Å². The molecule has 0 aliphatic heterocycles. The number of carbonyl (C=O) groups is 2. The predicted molar refractivity (Wildman–Crippen MR) is 91.3 cm³/mol. The van der Waals surface area contributed by atoms with Crippen LogP contribution in [0.2, 0.25) is 0 Å². The zero-order valence-corrected chi connectivity index (χ0v) is 15.4. The summed E-state index contributed by atoms with van der Waals surface area (Å²) in [5.74, 6) is -0.756. The highest BCUT2D eigenvalue weighted by atomic mass is 16.5. The van der Waals surface area contributed by atoms with Gasteiger partial charge in [0.05, 0.1) is 19.8 Å². The van der Waals surface area contributed by atoms with E-state index < -0.39 is 5.97 Å². The second-order valence-electron chi connectivity index (χ2n) is 6.27. The number of aliphatic hydroxyl groups excluding tert-OH is 2. The standard InChI is InChI=1S/C10H20O2.C5H10O2.C2H6O2/c1-5-6-7-9(11)12-8-10(2,3)4;1-2-3-4-5(6)7;3-1-2-4/h5-8H2,1-4H3;2-4H2,1H3,(H,6,7);3-4H,1-2H2. The van der Waals surface area contributed by atoms with Crippen molar-refractivity contribution in [1.29, 1.82) is 0 Å². The van der Waals surface area contributed by atoms with Gasteiger partial charge in [-0.3, -0.25) is 9.59 Å². The van der Waals surface area contributed by atoms with Gasteiger partial charge in [-0.1, -0.05) is 47.5 Å². The molecule has 6 nitrogen and oxygen atoms in total. The van der Waals surface area contributed by atoms with Gasteiger partial charge in [0.2, 0.25) is 0 Å². The van der Waals surface area contributed by atoms with E-state index in [0.29, 0.717) is 19.4 Å². The molecule has 0 saturated carbocycles. The van der Waals surface area contributed by atoms with Crippen molar-refractivity contribution < 1.29 is 29.6 Å². The maximum Gasteiger partial charge on any atom is 0.305 e. The maximum absolute atomic E-state index is 11.0. The molecule has 0 aromatic heterocycles. The van der Waals surface area contributed by atoms with Crippen LogP contribution in [0.5, 0.6) is 0 Å². The monoisotopic (exact) mass is 336 g/mol. The number of aliphatic hydroxyl groups is 2. The van der Waals surface area contributed by atoms with Crippen LogP contribution >= 0.6 is 0 Å². The minimum absolute atomic E-state index is 0.0632. The summed E-state index contributed by atoms with van der Waals surface area (Å²) in [7, 11) is 0. The lowest BCUT2D eigenvalue weighted by Crippen LogP contribution is -2.18. The van der Waals surface area contributed by atoms with Crippen molar-refractivity contribution in [2.24, 2.45) is 5.41 Å². The van der Waals surface area contributed by atoms with Crippen LogP contribution in [-0.4, -0.2) is 47.1 Å². The molecule has 0 bridgehead atoms. The Hall–Kier alpha value is -1.14. The second kappa shape index (κ2) is 18.9. The lowest BCUT2D eigenvalue weighted by atomic mass is 9.99. The average molecular weight is 336 g/mol. The molecule has 0 spiro atoms. The minimum Gasteiger partial charge on any atom is -0.481 e. The lowest BCUT2D eigenvalue weighted by Gasteiger charge is -2.17. The number of esters is 1. The number of ether oxygens (including phenoxy) is 1. The quantitative estimate of drug-likeness (QED) is 0.589. The van der Waals surface area contributed by atoms with E-state index in [9.17, 15) is 9.59 Å². The smallest absolute Gasteiger partial charge is 0.305 e. The van der Waals surface area contributed by atoms with Gasteiger partial charge in [0.25, 0.3) is 0 Å². The van der Waals surface area contributed by atoms with Crippen molar-refractivity contribution in [3.8, 4) is 0 Å². The SMILES string of the molecule is CCCCC(=O)O.CCCCC(=O)OCC(C)(C)C.OCCO. The summed E-state index contributed by atoms with van der Waals surface area (Å²) in [6, 6.07) is 0. The van der Waals surface area contributed by atoms with Crippen LogP contribution in [0.1, 0.15) is 73.1 Å². The van der Waals surface area contributed by atoms with E-state index in [1.54, 1.807) is 0 Å². The van der Waals surface area contributed by atoms with Gasteiger partial charge in [-0.2, -0.15) is 0 Å². The molecular formula is C17H36O6. The van der Waals surface area contributed by atoms with Crippen molar-refractivity contribution in [2.45, 2.75) is 73.1 Å². The highest BCUT2D eigenvalue weighted by Gasteiger charge is 2.12. The second-order valence-corrected chi connectivity index (χ2v) is 6.27. The first-order valence-corrected chi connectivity index (χ1v) is 8.23. The Labute approximate surface area is 140 Å². The van der Waals surface area contributed by atoms with Crippen molar-refractivity contribution in [2.75, 3.05) is 19.8 Å². The third-order valence-electron chi connectivity index (χ3n) is 2.24. The number of rotatable bonds is 8. The molecule has 0 atom stereocenters. The summed E-state index contributed by atoms with van der Waals surface area (Å²) >= 11 is 0. The van der Waals surface area contributed by atoms with Gasteiger partial charge in [0.1, 0.15) is 0 Å². The molecule has 140 valence electrons. The summed E-state index contributed by atoms with van der Waals surface area (Å²) in [4.78, 5) is 20.8. The molecule has 6 heteroatoms. The fourth-order valence-corrected chi connectivity index (χ4v) is 1.02. The van der Waals surface area contributed by atoms with E-state index in [2.05, 4.69) is 27.7 Å². The molecular weight excluding hydrogens is 300 g/mol. The van der Waals surface area contributed by atoms with E-state index in [-0.39, 0.29) is 24.6 Å². The van der Waals surface area contributed by atoms with Crippen LogP contribution in [0, 0.1) is 5.41 Å². The first-order valence-electron chi connectivity index (χ1n) is 8.23. The largest absolute Gasteiger partial charge is 0.481 e. The molecule has 0 unspecified atom stereocenters. The fraction of sp³-hybridized carbons (Fsp3) is 0.882. The first kappa shape index (κ1) is 26.7. The first-order chi connectivity index (χ1) is 10.6. The highest BCUT2D eigenvalue weighted by Crippen LogP contribution is 2.13. The van der Waals surface area contributed by atoms with Crippen molar-refractivity contribution >= 4 is 11.9 Å².